The van der Waals surface area contributed by atoms with Crippen LogP contribution in [0.1, 0.15) is 16.1 Å². The number of anilines is 1. The Balaban J connectivity index is 1.66. The van der Waals surface area contributed by atoms with Gasteiger partial charge in [-0.1, -0.05) is 27.5 Å². The maximum Gasteiger partial charge on any atom is 0.375 e. The summed E-state index contributed by atoms with van der Waals surface area (Å²) in [7, 11) is 0. The highest BCUT2D eigenvalue weighted by molar-refractivity contribution is 9.10. The number of ether oxygens (including phenoxy) is 1. The van der Waals surface area contributed by atoms with E-state index in [0.717, 1.165) is 15.9 Å². The monoisotopic (exact) mass is 439 g/mol. The molecular weight excluding hydrogens is 429 g/mol. The lowest BCUT2D eigenvalue weighted by Crippen LogP contribution is -2.21. The van der Waals surface area contributed by atoms with E-state index in [2.05, 4.69) is 21.2 Å². The van der Waals surface area contributed by atoms with Crippen LogP contribution in [-0.4, -0.2) is 18.5 Å². The summed E-state index contributed by atoms with van der Waals surface area (Å²) in [6.07, 6.45) is 0. The normalized spacial score (nSPS) is 10.8. The second-order valence-corrected chi connectivity index (χ2v) is 6.77. The van der Waals surface area contributed by atoms with Gasteiger partial charge in [0.25, 0.3) is 5.91 Å². The van der Waals surface area contributed by atoms with Crippen LogP contribution in [-0.2, 0) is 9.53 Å². The number of carbonyl (C=O) groups is 2. The lowest BCUT2D eigenvalue weighted by molar-refractivity contribution is -0.119. The van der Waals surface area contributed by atoms with Gasteiger partial charge in [0.2, 0.25) is 5.76 Å². The quantitative estimate of drug-likeness (QED) is 0.574. The van der Waals surface area contributed by atoms with Crippen LogP contribution in [0.25, 0.3) is 11.0 Å². The van der Waals surface area contributed by atoms with Gasteiger partial charge in [-0.05, 0) is 43.3 Å². The highest BCUT2D eigenvalue weighted by Crippen LogP contribution is 2.28. The molecule has 134 valence electrons. The van der Waals surface area contributed by atoms with E-state index in [4.69, 9.17) is 20.8 Å². The number of hydrogen-bond acceptors (Lipinski definition) is 4. The fourth-order valence-electron chi connectivity index (χ4n) is 2.36. The van der Waals surface area contributed by atoms with Gasteiger partial charge in [-0.3, -0.25) is 4.79 Å². The predicted octanol–water partition coefficient (Wildman–Crippen LogP) is 5.09. The minimum Gasteiger partial charge on any atom is -0.450 e. The van der Waals surface area contributed by atoms with Crippen molar-refractivity contribution in [1.82, 2.24) is 0 Å². The lowest BCUT2D eigenvalue weighted by Gasteiger charge is -2.06. The molecule has 0 saturated carbocycles. The number of hydrogen-bond donors (Lipinski definition) is 1. The van der Waals surface area contributed by atoms with E-state index in [0.29, 0.717) is 16.8 Å². The van der Waals surface area contributed by atoms with Crippen molar-refractivity contribution >= 4 is 56.1 Å². The average molecular weight is 441 g/mol. The number of benzene rings is 2. The molecule has 0 unspecified atom stereocenters. The first-order valence-corrected chi connectivity index (χ1v) is 8.63. The molecule has 1 heterocycles. The molecule has 0 fully saturated rings. The Morgan fingerprint density at radius 1 is 1.27 bits per heavy atom. The zero-order valence-electron chi connectivity index (χ0n) is 13.4. The van der Waals surface area contributed by atoms with E-state index < -0.39 is 24.3 Å². The number of nitrogens with one attached hydrogen (secondary N) is 1. The summed E-state index contributed by atoms with van der Waals surface area (Å²) in [5.41, 5.74) is 1.46. The SMILES string of the molecule is Cc1c(C(=O)OCC(=O)Nc2ccc(F)c(Cl)c2)oc2ccc(Br)cc12. The zero-order valence-corrected chi connectivity index (χ0v) is 15.8. The fraction of sp³-hybridized carbons (Fsp3) is 0.111. The number of aryl methyl sites for hydroxylation is 1. The van der Waals surface area contributed by atoms with Gasteiger partial charge in [0.05, 0.1) is 5.02 Å². The Bertz CT molecular complexity index is 1020. The second-order valence-electron chi connectivity index (χ2n) is 5.45. The molecule has 1 N–H and O–H groups in total. The highest BCUT2D eigenvalue weighted by Gasteiger charge is 2.20. The molecule has 0 aliphatic carbocycles. The molecule has 0 atom stereocenters. The Kier molecular flexibility index (Phi) is 5.29. The van der Waals surface area contributed by atoms with E-state index in [-0.39, 0.29) is 10.8 Å². The number of halogens is 3. The number of furan rings is 1. The van der Waals surface area contributed by atoms with Crippen molar-refractivity contribution in [2.45, 2.75) is 6.92 Å². The molecule has 0 aliphatic heterocycles. The first-order chi connectivity index (χ1) is 12.3. The zero-order chi connectivity index (χ0) is 18.8. The van der Waals surface area contributed by atoms with Crippen molar-refractivity contribution in [2.75, 3.05) is 11.9 Å². The van der Waals surface area contributed by atoms with Gasteiger partial charge in [0, 0.05) is 21.1 Å². The van der Waals surface area contributed by atoms with E-state index in [1.165, 1.54) is 12.1 Å². The molecule has 1 aromatic heterocycles. The molecule has 0 saturated heterocycles. The van der Waals surface area contributed by atoms with Crippen LogP contribution < -0.4 is 5.32 Å². The first-order valence-electron chi connectivity index (χ1n) is 7.46. The van der Waals surface area contributed by atoms with Gasteiger partial charge in [-0.15, -0.1) is 0 Å². The number of rotatable bonds is 4. The van der Waals surface area contributed by atoms with Crippen molar-refractivity contribution in [2.24, 2.45) is 0 Å². The number of amides is 1. The van der Waals surface area contributed by atoms with Gasteiger partial charge < -0.3 is 14.5 Å². The van der Waals surface area contributed by atoms with Crippen LogP contribution in [0, 0.1) is 12.7 Å². The molecule has 0 radical (unpaired) electrons. The van der Waals surface area contributed by atoms with Crippen molar-refractivity contribution in [1.29, 1.82) is 0 Å². The molecule has 1 amide bonds. The lowest BCUT2D eigenvalue weighted by atomic mass is 10.1. The summed E-state index contributed by atoms with van der Waals surface area (Å²) in [6, 6.07) is 9.09. The molecule has 0 spiro atoms. The smallest absolute Gasteiger partial charge is 0.375 e. The van der Waals surface area contributed by atoms with Crippen LogP contribution in [0.15, 0.2) is 45.3 Å². The van der Waals surface area contributed by atoms with Crippen molar-refractivity contribution in [3.05, 3.63) is 63.0 Å². The Labute approximate surface area is 161 Å². The first kappa shape index (κ1) is 18.4. The number of fused-ring (bicyclic) bond motifs is 1. The molecule has 2 aromatic carbocycles. The standard InChI is InChI=1S/C18H12BrClFNO4/c1-9-12-6-10(19)2-5-15(12)26-17(9)18(24)25-8-16(23)22-11-3-4-14(21)13(20)7-11/h2-7H,8H2,1H3,(H,22,23). The molecule has 3 rings (SSSR count). The molecule has 0 aliphatic rings. The maximum atomic E-state index is 13.1. The van der Waals surface area contributed by atoms with E-state index in [1.807, 2.05) is 6.07 Å². The van der Waals surface area contributed by atoms with Crippen molar-refractivity contribution in [3.8, 4) is 0 Å². The van der Waals surface area contributed by atoms with Crippen molar-refractivity contribution in [3.63, 3.8) is 0 Å². The van der Waals surface area contributed by atoms with Gasteiger partial charge in [0.15, 0.2) is 6.61 Å². The fourth-order valence-corrected chi connectivity index (χ4v) is 2.90. The van der Waals surface area contributed by atoms with Gasteiger partial charge >= 0.3 is 5.97 Å². The van der Waals surface area contributed by atoms with Crippen LogP contribution in [0.4, 0.5) is 10.1 Å². The van der Waals surface area contributed by atoms with Crippen LogP contribution in [0.5, 0.6) is 0 Å². The molecule has 5 nitrogen and oxygen atoms in total. The van der Waals surface area contributed by atoms with Gasteiger partial charge in [0.1, 0.15) is 11.4 Å². The maximum absolute atomic E-state index is 13.1. The van der Waals surface area contributed by atoms with Crippen LogP contribution in [0.2, 0.25) is 5.02 Å². The third kappa shape index (κ3) is 3.89. The third-order valence-corrected chi connectivity index (χ3v) is 4.40. The second kappa shape index (κ2) is 7.47. The number of esters is 1. The summed E-state index contributed by atoms with van der Waals surface area (Å²) in [4.78, 5) is 24.1. The average Bonchev–Trinajstić information content (AvgIpc) is 2.92. The highest BCUT2D eigenvalue weighted by atomic mass is 79.9. The topological polar surface area (TPSA) is 68.5 Å². The van der Waals surface area contributed by atoms with E-state index in [9.17, 15) is 14.0 Å². The molecule has 8 heteroatoms. The van der Waals surface area contributed by atoms with Gasteiger partial charge in [-0.25, -0.2) is 9.18 Å². The molecule has 26 heavy (non-hydrogen) atoms. The predicted molar refractivity (Wildman–Crippen MR) is 99.0 cm³/mol. The largest absolute Gasteiger partial charge is 0.450 e. The summed E-state index contributed by atoms with van der Waals surface area (Å²) in [6.45, 7) is 1.21. The Hall–Kier alpha value is -2.38. The minimum absolute atomic E-state index is 0.0377. The minimum atomic E-state index is -0.748. The van der Waals surface area contributed by atoms with E-state index >= 15 is 0 Å². The summed E-state index contributed by atoms with van der Waals surface area (Å²) in [5.74, 6) is -1.89. The summed E-state index contributed by atoms with van der Waals surface area (Å²) in [5, 5.41) is 3.11. The summed E-state index contributed by atoms with van der Waals surface area (Å²) >= 11 is 9.00. The molecular formula is C18H12BrClFNO4. The number of carbonyl (C=O) groups excluding carboxylic acids is 2. The van der Waals surface area contributed by atoms with Crippen LogP contribution >= 0.6 is 27.5 Å². The van der Waals surface area contributed by atoms with E-state index in [1.54, 1.807) is 19.1 Å². The Morgan fingerprint density at radius 2 is 2.04 bits per heavy atom. The molecule has 0 bridgehead atoms. The third-order valence-electron chi connectivity index (χ3n) is 3.62. The molecule has 3 aromatic rings. The van der Waals surface area contributed by atoms with Crippen LogP contribution in [0.3, 0.4) is 0 Å². The Morgan fingerprint density at radius 3 is 2.77 bits per heavy atom. The van der Waals surface area contributed by atoms with Gasteiger partial charge in [-0.2, -0.15) is 0 Å². The van der Waals surface area contributed by atoms with Crippen molar-refractivity contribution < 1.29 is 23.1 Å². The summed E-state index contributed by atoms with van der Waals surface area (Å²) < 4.78 is 24.5.